The number of nitrogens with zero attached hydrogens (tertiary/aromatic N) is 1. The zero-order valence-electron chi connectivity index (χ0n) is 6.52. The first-order valence-electron chi connectivity index (χ1n) is 3.56. The minimum absolute atomic E-state index is 0.173. The van der Waals surface area contributed by atoms with Crippen molar-refractivity contribution < 1.29 is 8.78 Å². The van der Waals surface area contributed by atoms with E-state index in [1.807, 2.05) is 0 Å². The number of aromatic nitrogens is 1. The van der Waals surface area contributed by atoms with Crippen molar-refractivity contribution in [3.63, 3.8) is 0 Å². The van der Waals surface area contributed by atoms with Crippen molar-refractivity contribution >= 4 is 15.9 Å². The van der Waals surface area contributed by atoms with Gasteiger partial charge in [0.2, 0.25) is 0 Å². The molecule has 0 radical (unpaired) electrons. The predicted octanol–water partition coefficient (Wildman–Crippen LogP) is 3.35. The van der Waals surface area contributed by atoms with Crippen LogP contribution in [0.5, 0.6) is 0 Å². The Kier molecular flexibility index (Phi) is 2.77. The van der Waals surface area contributed by atoms with E-state index in [0.717, 1.165) is 0 Å². The predicted molar refractivity (Wildman–Crippen MR) is 46.1 cm³/mol. The second-order valence-corrected chi connectivity index (χ2v) is 3.34. The molecule has 0 aromatic carbocycles. The number of pyridine rings is 1. The second kappa shape index (κ2) is 3.47. The van der Waals surface area contributed by atoms with Crippen LogP contribution in [0.4, 0.5) is 8.78 Å². The van der Waals surface area contributed by atoms with E-state index in [0.29, 0.717) is 4.47 Å². The highest BCUT2D eigenvalue weighted by atomic mass is 79.9. The Hall–Kier alpha value is -0.510. The average Bonchev–Trinajstić information content (AvgIpc) is 2.05. The van der Waals surface area contributed by atoms with Crippen molar-refractivity contribution in [2.24, 2.45) is 0 Å². The molecule has 0 aliphatic heterocycles. The number of rotatable bonds is 2. The van der Waals surface area contributed by atoms with E-state index in [-0.39, 0.29) is 12.1 Å². The molecule has 0 aliphatic carbocycles. The Morgan fingerprint density at radius 1 is 1.50 bits per heavy atom. The first-order chi connectivity index (χ1) is 5.56. The lowest BCUT2D eigenvalue weighted by molar-refractivity contribution is -0.0128. The molecule has 0 bridgehead atoms. The number of hydrogen-bond acceptors (Lipinski definition) is 1. The van der Waals surface area contributed by atoms with Gasteiger partial charge in [-0.3, -0.25) is 4.98 Å². The van der Waals surface area contributed by atoms with E-state index < -0.39 is 5.92 Å². The molecule has 0 fully saturated rings. The Labute approximate surface area is 77.9 Å². The van der Waals surface area contributed by atoms with Gasteiger partial charge in [-0.25, -0.2) is 0 Å². The highest BCUT2D eigenvalue weighted by molar-refractivity contribution is 9.10. The highest BCUT2D eigenvalue weighted by Crippen LogP contribution is 2.29. The van der Waals surface area contributed by atoms with Gasteiger partial charge in [0.15, 0.2) is 0 Å². The first kappa shape index (κ1) is 9.58. The van der Waals surface area contributed by atoms with Gasteiger partial charge in [-0.05, 0) is 28.1 Å². The largest absolute Gasteiger partial charge is 0.289 e. The third kappa shape index (κ3) is 2.00. The van der Waals surface area contributed by atoms with Crippen LogP contribution >= 0.6 is 15.9 Å². The maximum absolute atomic E-state index is 12.9. The van der Waals surface area contributed by atoms with Gasteiger partial charge in [0.05, 0.1) is 0 Å². The van der Waals surface area contributed by atoms with E-state index >= 15 is 0 Å². The van der Waals surface area contributed by atoms with Crippen LogP contribution in [0.2, 0.25) is 0 Å². The molecular formula is C8H8BrF2N. The van der Waals surface area contributed by atoms with Crippen molar-refractivity contribution in [3.05, 3.63) is 28.5 Å². The molecular weight excluding hydrogens is 228 g/mol. The topological polar surface area (TPSA) is 12.9 Å². The molecule has 0 atom stereocenters. The zero-order valence-corrected chi connectivity index (χ0v) is 8.11. The molecule has 12 heavy (non-hydrogen) atoms. The van der Waals surface area contributed by atoms with Crippen molar-refractivity contribution in [2.75, 3.05) is 0 Å². The van der Waals surface area contributed by atoms with Gasteiger partial charge in [0, 0.05) is 17.1 Å². The van der Waals surface area contributed by atoms with Gasteiger partial charge in [0.25, 0.3) is 5.92 Å². The molecule has 0 N–H and O–H groups in total. The maximum Gasteiger partial charge on any atom is 0.289 e. The minimum atomic E-state index is -2.80. The number of alkyl halides is 2. The summed E-state index contributed by atoms with van der Waals surface area (Å²) in [6.45, 7) is 1.43. The zero-order chi connectivity index (χ0) is 9.19. The SMILES string of the molecule is CCC(F)(F)c1ccc(Br)cn1. The molecule has 1 aromatic heterocycles. The lowest BCUT2D eigenvalue weighted by atomic mass is 10.2. The van der Waals surface area contributed by atoms with Gasteiger partial charge in [-0.1, -0.05) is 6.92 Å². The van der Waals surface area contributed by atoms with Crippen molar-refractivity contribution in [1.82, 2.24) is 4.98 Å². The molecule has 0 amide bonds. The molecule has 1 nitrogen and oxygen atoms in total. The smallest absolute Gasteiger partial charge is 0.254 e. The standard InChI is InChI=1S/C8H8BrF2N/c1-2-8(10,11)7-4-3-6(9)5-12-7/h3-5H,2H2,1H3. The van der Waals surface area contributed by atoms with E-state index in [9.17, 15) is 8.78 Å². The Bertz CT molecular complexity index is 258. The summed E-state index contributed by atoms with van der Waals surface area (Å²) in [4.78, 5) is 3.62. The highest BCUT2D eigenvalue weighted by Gasteiger charge is 2.30. The van der Waals surface area contributed by atoms with Gasteiger partial charge < -0.3 is 0 Å². The Morgan fingerprint density at radius 2 is 2.17 bits per heavy atom. The van der Waals surface area contributed by atoms with Crippen LogP contribution < -0.4 is 0 Å². The van der Waals surface area contributed by atoms with Crippen LogP contribution in [0, 0.1) is 0 Å². The van der Waals surface area contributed by atoms with E-state index in [1.165, 1.54) is 19.2 Å². The lowest BCUT2D eigenvalue weighted by Crippen LogP contribution is -2.13. The summed E-state index contributed by atoms with van der Waals surface area (Å²) in [5, 5.41) is 0. The summed E-state index contributed by atoms with van der Waals surface area (Å²) in [5.41, 5.74) is -0.173. The van der Waals surface area contributed by atoms with Crippen LogP contribution in [0.3, 0.4) is 0 Å². The van der Waals surface area contributed by atoms with Gasteiger partial charge in [-0.2, -0.15) is 8.78 Å². The van der Waals surface area contributed by atoms with Gasteiger partial charge >= 0.3 is 0 Å². The van der Waals surface area contributed by atoms with Crippen LogP contribution in [0.1, 0.15) is 19.0 Å². The Morgan fingerprint density at radius 3 is 2.58 bits per heavy atom. The van der Waals surface area contributed by atoms with E-state index in [4.69, 9.17) is 0 Å². The van der Waals surface area contributed by atoms with Crippen molar-refractivity contribution in [1.29, 1.82) is 0 Å². The van der Waals surface area contributed by atoms with Gasteiger partial charge in [-0.15, -0.1) is 0 Å². The van der Waals surface area contributed by atoms with E-state index in [2.05, 4.69) is 20.9 Å². The molecule has 0 spiro atoms. The quantitative estimate of drug-likeness (QED) is 0.767. The minimum Gasteiger partial charge on any atom is -0.254 e. The summed E-state index contributed by atoms with van der Waals surface area (Å²) in [6, 6.07) is 2.89. The van der Waals surface area contributed by atoms with Crippen LogP contribution in [0.25, 0.3) is 0 Å². The molecule has 0 unspecified atom stereocenters. The lowest BCUT2D eigenvalue weighted by Gasteiger charge is -2.12. The van der Waals surface area contributed by atoms with Crippen LogP contribution in [-0.4, -0.2) is 4.98 Å². The maximum atomic E-state index is 12.9. The molecule has 1 heterocycles. The molecule has 0 saturated heterocycles. The first-order valence-corrected chi connectivity index (χ1v) is 4.35. The molecule has 0 aliphatic rings. The van der Waals surface area contributed by atoms with Crippen molar-refractivity contribution in [2.45, 2.75) is 19.3 Å². The summed E-state index contributed by atoms with van der Waals surface area (Å²) in [5.74, 6) is -2.80. The summed E-state index contributed by atoms with van der Waals surface area (Å²) in [6.07, 6.45) is 1.15. The van der Waals surface area contributed by atoms with E-state index in [1.54, 1.807) is 6.07 Å². The normalized spacial score (nSPS) is 11.7. The van der Waals surface area contributed by atoms with Gasteiger partial charge in [0.1, 0.15) is 5.69 Å². The fourth-order valence-corrected chi connectivity index (χ4v) is 1.01. The third-order valence-electron chi connectivity index (χ3n) is 1.55. The Balaban J connectivity index is 2.96. The van der Waals surface area contributed by atoms with Crippen molar-refractivity contribution in [3.8, 4) is 0 Å². The van der Waals surface area contributed by atoms with Crippen LogP contribution in [0.15, 0.2) is 22.8 Å². The number of hydrogen-bond donors (Lipinski definition) is 0. The summed E-state index contributed by atoms with van der Waals surface area (Å²) >= 11 is 3.13. The summed E-state index contributed by atoms with van der Waals surface area (Å²) < 4.78 is 26.6. The third-order valence-corrected chi connectivity index (χ3v) is 2.02. The molecule has 0 saturated carbocycles. The molecule has 4 heteroatoms. The number of halogens is 3. The fraction of sp³-hybridized carbons (Fsp3) is 0.375. The fourth-order valence-electron chi connectivity index (χ4n) is 0.773. The molecule has 1 rings (SSSR count). The monoisotopic (exact) mass is 235 g/mol. The summed E-state index contributed by atoms with van der Waals surface area (Å²) in [7, 11) is 0. The second-order valence-electron chi connectivity index (χ2n) is 2.42. The van der Waals surface area contributed by atoms with Crippen LogP contribution in [-0.2, 0) is 5.92 Å². The average molecular weight is 236 g/mol. The molecule has 66 valence electrons. The molecule has 1 aromatic rings.